The number of esters is 1. The molecule has 0 aromatic heterocycles. The molecule has 0 aromatic rings. The molecule has 0 aliphatic carbocycles. The Balaban J connectivity index is -0.000000203. The SMILES string of the molecule is C=C(C)C(=O)O.C=C(C)C(=O)O.C=C(C)C(=O)OC. The van der Waals surface area contributed by atoms with Crippen molar-refractivity contribution in [3.8, 4) is 0 Å². The van der Waals surface area contributed by atoms with E-state index in [2.05, 4.69) is 24.5 Å². The molecule has 0 amide bonds. The third kappa shape index (κ3) is 21.5. The molecule has 19 heavy (non-hydrogen) atoms. The van der Waals surface area contributed by atoms with Gasteiger partial charge in [0.2, 0.25) is 0 Å². The molecule has 0 unspecified atom stereocenters. The highest BCUT2D eigenvalue weighted by Crippen LogP contribution is 1.87. The van der Waals surface area contributed by atoms with Gasteiger partial charge in [0.15, 0.2) is 0 Å². The number of carbonyl (C=O) groups excluding carboxylic acids is 1. The predicted molar refractivity (Wildman–Crippen MR) is 71.7 cm³/mol. The Hall–Kier alpha value is -2.37. The largest absolute Gasteiger partial charge is 0.478 e. The van der Waals surface area contributed by atoms with Crippen molar-refractivity contribution in [3.05, 3.63) is 36.5 Å². The summed E-state index contributed by atoms with van der Waals surface area (Å²) in [4.78, 5) is 29.4. The third-order valence-electron chi connectivity index (χ3n) is 1.26. The van der Waals surface area contributed by atoms with Gasteiger partial charge in [-0.15, -0.1) is 0 Å². The smallest absolute Gasteiger partial charge is 0.332 e. The highest BCUT2D eigenvalue weighted by Gasteiger charge is 1.95. The van der Waals surface area contributed by atoms with Crippen LogP contribution in [0.5, 0.6) is 0 Å². The molecule has 0 radical (unpaired) electrons. The van der Waals surface area contributed by atoms with Gasteiger partial charge in [0.1, 0.15) is 0 Å². The average Bonchev–Trinajstić information content (AvgIpc) is 2.29. The Morgan fingerprint density at radius 3 is 1.00 bits per heavy atom. The van der Waals surface area contributed by atoms with Gasteiger partial charge in [-0.3, -0.25) is 0 Å². The second-order valence-corrected chi connectivity index (χ2v) is 3.44. The van der Waals surface area contributed by atoms with Crippen LogP contribution in [0.15, 0.2) is 36.5 Å². The molecule has 6 heteroatoms. The van der Waals surface area contributed by atoms with Crippen LogP contribution in [0.3, 0.4) is 0 Å². The second kappa shape index (κ2) is 12.1. The van der Waals surface area contributed by atoms with E-state index in [1.807, 2.05) is 0 Å². The summed E-state index contributed by atoms with van der Waals surface area (Å²) >= 11 is 0. The number of aliphatic carboxylic acids is 2. The summed E-state index contributed by atoms with van der Waals surface area (Å²) in [7, 11) is 1.33. The van der Waals surface area contributed by atoms with Crippen molar-refractivity contribution in [2.45, 2.75) is 20.8 Å². The zero-order valence-electron chi connectivity index (χ0n) is 11.6. The van der Waals surface area contributed by atoms with E-state index >= 15 is 0 Å². The van der Waals surface area contributed by atoms with E-state index in [4.69, 9.17) is 10.2 Å². The summed E-state index contributed by atoms with van der Waals surface area (Å²) in [6.45, 7) is 14.2. The molecule has 0 rings (SSSR count). The Morgan fingerprint density at radius 1 is 0.789 bits per heavy atom. The number of carboxylic acid groups (broad SMARTS) is 2. The molecule has 0 fully saturated rings. The van der Waals surface area contributed by atoms with Gasteiger partial charge < -0.3 is 14.9 Å². The van der Waals surface area contributed by atoms with Crippen molar-refractivity contribution in [2.24, 2.45) is 0 Å². The average molecular weight is 272 g/mol. The van der Waals surface area contributed by atoms with Crippen LogP contribution in [-0.2, 0) is 19.1 Å². The van der Waals surface area contributed by atoms with Gasteiger partial charge in [-0.1, -0.05) is 19.7 Å². The van der Waals surface area contributed by atoms with Crippen LogP contribution in [0, 0.1) is 0 Å². The number of methoxy groups -OCH3 is 1. The lowest BCUT2D eigenvalue weighted by Crippen LogP contribution is -1.98. The highest BCUT2D eigenvalue weighted by atomic mass is 16.5. The van der Waals surface area contributed by atoms with Crippen molar-refractivity contribution in [1.82, 2.24) is 0 Å². The van der Waals surface area contributed by atoms with Crippen LogP contribution in [-0.4, -0.2) is 35.2 Å². The lowest BCUT2D eigenvalue weighted by molar-refractivity contribution is -0.136. The van der Waals surface area contributed by atoms with Crippen LogP contribution in [0.4, 0.5) is 0 Å². The van der Waals surface area contributed by atoms with Crippen molar-refractivity contribution >= 4 is 17.9 Å². The van der Waals surface area contributed by atoms with E-state index in [9.17, 15) is 14.4 Å². The van der Waals surface area contributed by atoms with Crippen molar-refractivity contribution in [1.29, 1.82) is 0 Å². The van der Waals surface area contributed by atoms with Gasteiger partial charge in [-0.2, -0.15) is 0 Å². The maximum atomic E-state index is 10.2. The van der Waals surface area contributed by atoms with Gasteiger partial charge in [0, 0.05) is 16.7 Å². The van der Waals surface area contributed by atoms with E-state index in [1.54, 1.807) is 6.92 Å². The minimum absolute atomic E-state index is 0.176. The highest BCUT2D eigenvalue weighted by molar-refractivity contribution is 5.86. The lowest BCUT2D eigenvalue weighted by Gasteiger charge is -1.91. The third-order valence-corrected chi connectivity index (χ3v) is 1.26. The van der Waals surface area contributed by atoms with Gasteiger partial charge >= 0.3 is 17.9 Å². The van der Waals surface area contributed by atoms with Gasteiger partial charge in [-0.05, 0) is 20.8 Å². The zero-order chi connectivity index (χ0) is 16.2. The van der Waals surface area contributed by atoms with E-state index < -0.39 is 11.9 Å². The quantitative estimate of drug-likeness (QED) is 0.602. The van der Waals surface area contributed by atoms with Crippen LogP contribution in [0.2, 0.25) is 0 Å². The minimum Gasteiger partial charge on any atom is -0.478 e. The Labute approximate surface area is 112 Å². The van der Waals surface area contributed by atoms with E-state index in [-0.39, 0.29) is 17.1 Å². The molecule has 0 heterocycles. The normalized spacial score (nSPS) is 7.58. The fourth-order valence-electron chi connectivity index (χ4n) is 0.174. The first kappa shape index (κ1) is 21.9. The molecule has 6 nitrogen and oxygen atoms in total. The molecule has 0 saturated carbocycles. The van der Waals surface area contributed by atoms with Crippen molar-refractivity contribution in [3.63, 3.8) is 0 Å². The molecule has 0 saturated heterocycles. The summed E-state index contributed by atoms with van der Waals surface area (Å²) in [6.07, 6.45) is 0. The fourth-order valence-corrected chi connectivity index (χ4v) is 0.174. The van der Waals surface area contributed by atoms with E-state index in [0.717, 1.165) is 0 Å². The standard InChI is InChI=1S/C5H8O2.2C4H6O2/c1-4(2)5(6)7-3;2*1-3(2)4(5)6/h1H2,2-3H3;2*1H2,2H3,(H,5,6). The Bertz CT molecular complexity index is 331. The molecular formula is C13H20O6. The molecule has 2 N–H and O–H groups in total. The number of carbonyl (C=O) groups is 3. The Kier molecular flexibility index (Phi) is 13.9. The summed E-state index contributed by atoms with van der Waals surface area (Å²) < 4.78 is 4.27. The van der Waals surface area contributed by atoms with Crippen LogP contribution < -0.4 is 0 Å². The van der Waals surface area contributed by atoms with Crippen LogP contribution in [0.25, 0.3) is 0 Å². The number of rotatable bonds is 3. The first-order valence-corrected chi connectivity index (χ1v) is 4.98. The molecule has 0 aliphatic rings. The molecule has 0 spiro atoms. The summed E-state index contributed by atoms with van der Waals surface area (Å²) in [5, 5.41) is 15.8. The Morgan fingerprint density at radius 2 is 1.00 bits per heavy atom. The maximum absolute atomic E-state index is 10.2. The summed E-state index contributed by atoms with van der Waals surface area (Å²) in [5.41, 5.74) is 0.785. The van der Waals surface area contributed by atoms with Crippen molar-refractivity contribution in [2.75, 3.05) is 7.11 Å². The number of ether oxygens (including phenoxy) is 1. The second-order valence-electron chi connectivity index (χ2n) is 3.44. The topological polar surface area (TPSA) is 101 Å². The monoisotopic (exact) mass is 272 g/mol. The molecule has 108 valence electrons. The van der Waals surface area contributed by atoms with E-state index in [1.165, 1.54) is 21.0 Å². The molecular weight excluding hydrogens is 252 g/mol. The molecule has 0 atom stereocenters. The predicted octanol–water partition coefficient (Wildman–Crippen LogP) is 2.03. The molecule has 0 aromatic carbocycles. The van der Waals surface area contributed by atoms with Gasteiger partial charge in [-0.25, -0.2) is 14.4 Å². The van der Waals surface area contributed by atoms with E-state index in [0.29, 0.717) is 5.57 Å². The number of hydrogen-bond donors (Lipinski definition) is 2. The minimum atomic E-state index is -0.935. The summed E-state index contributed by atoms with van der Waals surface area (Å²) in [6, 6.07) is 0. The first-order valence-electron chi connectivity index (χ1n) is 4.98. The van der Waals surface area contributed by atoms with Gasteiger partial charge in [0.25, 0.3) is 0 Å². The first-order chi connectivity index (χ1) is 8.47. The molecule has 0 aliphatic heterocycles. The number of carboxylic acids is 2. The van der Waals surface area contributed by atoms with Crippen molar-refractivity contribution < 1.29 is 29.3 Å². The summed E-state index contributed by atoms with van der Waals surface area (Å²) in [5.74, 6) is -2.22. The number of hydrogen-bond acceptors (Lipinski definition) is 4. The van der Waals surface area contributed by atoms with Crippen LogP contribution >= 0.6 is 0 Å². The fraction of sp³-hybridized carbons (Fsp3) is 0.308. The lowest BCUT2D eigenvalue weighted by atomic mass is 10.4. The van der Waals surface area contributed by atoms with Crippen LogP contribution in [0.1, 0.15) is 20.8 Å². The van der Waals surface area contributed by atoms with Gasteiger partial charge in [0.05, 0.1) is 7.11 Å². The zero-order valence-corrected chi connectivity index (χ0v) is 11.6. The molecule has 0 bridgehead atoms. The maximum Gasteiger partial charge on any atom is 0.332 e.